The number of rotatable bonds is 7. The van der Waals surface area contributed by atoms with E-state index in [0.29, 0.717) is 22.8 Å². The van der Waals surface area contributed by atoms with E-state index in [4.69, 9.17) is 21.1 Å². The van der Waals surface area contributed by atoms with Crippen LogP contribution in [-0.4, -0.2) is 32.6 Å². The molecule has 0 N–H and O–H groups in total. The van der Waals surface area contributed by atoms with Gasteiger partial charge in [-0.2, -0.15) is 9.37 Å². The average Bonchev–Trinajstić information content (AvgIpc) is 3.05. The van der Waals surface area contributed by atoms with E-state index in [-0.39, 0.29) is 34.6 Å². The smallest absolute Gasteiger partial charge is 0.293 e. The molecule has 0 unspecified atom stereocenters. The summed E-state index contributed by atoms with van der Waals surface area (Å²) in [5.74, 6) is -0.971. The fourth-order valence-electron chi connectivity index (χ4n) is 3.25. The number of thioether (sulfide) groups is 1. The van der Waals surface area contributed by atoms with E-state index in [1.54, 1.807) is 31.2 Å². The second-order valence-electron chi connectivity index (χ2n) is 7.29. The zero-order valence-corrected chi connectivity index (χ0v) is 19.8. The van der Waals surface area contributed by atoms with Gasteiger partial charge in [-0.25, -0.2) is 4.98 Å². The second kappa shape index (κ2) is 10.2. The normalized spacial score (nSPS) is 14.7. The molecule has 2 aromatic carbocycles. The minimum absolute atomic E-state index is 0.160. The first kappa shape index (κ1) is 23.7. The number of ether oxygens (including phenoxy) is 2. The highest BCUT2D eigenvalue weighted by atomic mass is 35.5. The van der Waals surface area contributed by atoms with E-state index in [1.165, 1.54) is 4.90 Å². The lowest BCUT2D eigenvalue weighted by molar-refractivity contribution is -0.123. The number of carbonyl (C=O) groups excluding carboxylic acids is 2. The first-order valence-electron chi connectivity index (χ1n) is 10.3. The summed E-state index contributed by atoms with van der Waals surface area (Å²) < 4.78 is 25.1. The van der Waals surface area contributed by atoms with E-state index in [0.717, 1.165) is 29.1 Å². The van der Waals surface area contributed by atoms with Crippen molar-refractivity contribution in [3.63, 3.8) is 0 Å². The lowest BCUT2D eigenvalue weighted by Crippen LogP contribution is -2.27. The minimum atomic E-state index is -0.779. The maximum absolute atomic E-state index is 14.0. The Morgan fingerprint density at radius 1 is 1.18 bits per heavy atom. The Balaban J connectivity index is 1.57. The standard InChI is InChI=1S/C24H19ClFN3O4S/c1-3-32-19-10-15(7-8-18(19)33-21-17(26)12-27-23(25)28-21)11-20-22(30)29(24(31)34-20)13-16-6-4-5-14(2)9-16/h4-12H,3,13H2,1-2H3/b20-11+. The SMILES string of the molecule is CCOc1cc(/C=C2/SC(=O)N(Cc3cccc(C)c3)C2=O)ccc1Oc1nc(Cl)ncc1F. The molecule has 0 atom stereocenters. The molecule has 0 aliphatic carbocycles. The van der Waals surface area contributed by atoms with E-state index >= 15 is 0 Å². The van der Waals surface area contributed by atoms with Crippen LogP contribution in [0.4, 0.5) is 9.18 Å². The Bertz CT molecular complexity index is 1300. The van der Waals surface area contributed by atoms with Crippen LogP contribution in [-0.2, 0) is 11.3 Å². The highest BCUT2D eigenvalue weighted by Gasteiger charge is 2.35. The molecule has 1 saturated heterocycles. The molecule has 2 amide bonds. The molecule has 34 heavy (non-hydrogen) atoms. The largest absolute Gasteiger partial charge is 0.490 e. The average molecular weight is 500 g/mol. The number of aromatic nitrogens is 2. The summed E-state index contributed by atoms with van der Waals surface area (Å²) in [4.78, 5) is 34.2. The molecule has 7 nitrogen and oxygen atoms in total. The molecule has 3 aromatic rings. The number of amides is 2. The van der Waals surface area contributed by atoms with Gasteiger partial charge in [0.1, 0.15) is 0 Å². The van der Waals surface area contributed by atoms with Crippen LogP contribution in [0.3, 0.4) is 0 Å². The fraction of sp³-hybridized carbons (Fsp3) is 0.167. The Morgan fingerprint density at radius 2 is 2.00 bits per heavy atom. The summed E-state index contributed by atoms with van der Waals surface area (Å²) in [5, 5.41) is -0.494. The molecule has 10 heteroatoms. The van der Waals surface area contributed by atoms with Gasteiger partial charge in [-0.1, -0.05) is 35.9 Å². The van der Waals surface area contributed by atoms with Crippen LogP contribution in [0.1, 0.15) is 23.6 Å². The number of imide groups is 1. The van der Waals surface area contributed by atoms with Crippen molar-refractivity contribution in [1.29, 1.82) is 0 Å². The van der Waals surface area contributed by atoms with Crippen LogP contribution in [0, 0.1) is 12.7 Å². The lowest BCUT2D eigenvalue weighted by Gasteiger charge is -2.13. The third kappa shape index (κ3) is 5.37. The molecule has 174 valence electrons. The number of carbonyl (C=O) groups is 2. The number of hydrogen-bond acceptors (Lipinski definition) is 7. The summed E-state index contributed by atoms with van der Waals surface area (Å²) in [6.45, 7) is 4.26. The number of nitrogens with zero attached hydrogens (tertiary/aromatic N) is 3. The van der Waals surface area contributed by atoms with Gasteiger partial charge in [-0.3, -0.25) is 14.5 Å². The van der Waals surface area contributed by atoms with Crippen molar-refractivity contribution in [3.8, 4) is 17.4 Å². The molecule has 0 radical (unpaired) electrons. The zero-order valence-electron chi connectivity index (χ0n) is 18.2. The van der Waals surface area contributed by atoms with Crippen LogP contribution in [0.2, 0.25) is 5.28 Å². The number of hydrogen-bond donors (Lipinski definition) is 0. The molecule has 2 heterocycles. The van der Waals surface area contributed by atoms with Gasteiger partial charge >= 0.3 is 0 Å². The minimum Gasteiger partial charge on any atom is -0.490 e. The van der Waals surface area contributed by atoms with Crippen LogP contribution in [0.15, 0.2) is 53.6 Å². The lowest BCUT2D eigenvalue weighted by atomic mass is 10.1. The van der Waals surface area contributed by atoms with Gasteiger partial charge in [0, 0.05) is 0 Å². The summed E-state index contributed by atoms with van der Waals surface area (Å²) in [5.41, 5.74) is 2.54. The topological polar surface area (TPSA) is 81.6 Å². The molecule has 1 aliphatic heterocycles. The van der Waals surface area contributed by atoms with Crippen LogP contribution in [0.25, 0.3) is 6.08 Å². The predicted octanol–water partition coefficient (Wildman–Crippen LogP) is 6.01. The maximum atomic E-state index is 14.0. The molecule has 4 rings (SSSR count). The number of halogens is 2. The number of aryl methyl sites for hydroxylation is 1. The van der Waals surface area contributed by atoms with Gasteiger partial charge in [0.05, 0.1) is 24.3 Å². The first-order chi connectivity index (χ1) is 16.3. The van der Waals surface area contributed by atoms with Crippen LogP contribution >= 0.6 is 23.4 Å². The van der Waals surface area contributed by atoms with Gasteiger partial charge in [-0.15, -0.1) is 0 Å². The van der Waals surface area contributed by atoms with Crippen molar-refractivity contribution in [2.75, 3.05) is 6.61 Å². The summed E-state index contributed by atoms with van der Waals surface area (Å²) in [6, 6.07) is 12.5. The Hall–Kier alpha value is -3.43. The Morgan fingerprint density at radius 3 is 2.76 bits per heavy atom. The second-order valence-corrected chi connectivity index (χ2v) is 8.62. The first-order valence-corrected chi connectivity index (χ1v) is 11.5. The molecule has 0 bridgehead atoms. The monoisotopic (exact) mass is 499 g/mol. The van der Waals surface area contributed by atoms with Crippen molar-refractivity contribution in [3.05, 3.63) is 81.4 Å². The van der Waals surface area contributed by atoms with Crippen molar-refractivity contribution in [1.82, 2.24) is 14.9 Å². The third-order valence-corrected chi connectivity index (χ3v) is 5.84. The summed E-state index contributed by atoms with van der Waals surface area (Å²) in [7, 11) is 0. The van der Waals surface area contributed by atoms with Gasteiger partial charge in [0.15, 0.2) is 11.5 Å². The Kier molecular flexibility index (Phi) is 7.14. The van der Waals surface area contributed by atoms with E-state index in [9.17, 15) is 14.0 Å². The molecule has 0 spiro atoms. The summed E-state index contributed by atoms with van der Waals surface area (Å²) >= 11 is 6.60. The predicted molar refractivity (Wildman–Crippen MR) is 127 cm³/mol. The highest BCUT2D eigenvalue weighted by molar-refractivity contribution is 8.18. The van der Waals surface area contributed by atoms with E-state index in [2.05, 4.69) is 9.97 Å². The van der Waals surface area contributed by atoms with E-state index in [1.807, 2.05) is 31.2 Å². The van der Waals surface area contributed by atoms with Crippen molar-refractivity contribution in [2.45, 2.75) is 20.4 Å². The zero-order chi connectivity index (χ0) is 24.2. The van der Waals surface area contributed by atoms with Crippen LogP contribution in [0.5, 0.6) is 17.4 Å². The third-order valence-electron chi connectivity index (χ3n) is 4.75. The highest BCUT2D eigenvalue weighted by Crippen LogP contribution is 2.37. The van der Waals surface area contributed by atoms with Gasteiger partial charge < -0.3 is 9.47 Å². The van der Waals surface area contributed by atoms with Gasteiger partial charge in [0.2, 0.25) is 11.1 Å². The molecular weight excluding hydrogens is 481 g/mol. The molecule has 0 saturated carbocycles. The maximum Gasteiger partial charge on any atom is 0.293 e. The van der Waals surface area contributed by atoms with E-state index < -0.39 is 5.82 Å². The molecule has 1 aliphatic rings. The van der Waals surface area contributed by atoms with Crippen molar-refractivity contribution >= 4 is 40.6 Å². The molecule has 1 aromatic heterocycles. The molecular formula is C24H19ClFN3O4S. The van der Waals surface area contributed by atoms with Crippen molar-refractivity contribution in [2.24, 2.45) is 0 Å². The van der Waals surface area contributed by atoms with Gasteiger partial charge in [-0.05, 0) is 66.5 Å². The van der Waals surface area contributed by atoms with Crippen LogP contribution < -0.4 is 9.47 Å². The van der Waals surface area contributed by atoms with Gasteiger partial charge in [0.25, 0.3) is 17.0 Å². The molecule has 1 fully saturated rings. The Labute approximate surface area is 204 Å². The quantitative estimate of drug-likeness (QED) is 0.291. The fourth-order valence-corrected chi connectivity index (χ4v) is 4.22. The number of benzene rings is 2. The van der Waals surface area contributed by atoms with Crippen molar-refractivity contribution < 1.29 is 23.5 Å². The summed E-state index contributed by atoms with van der Waals surface area (Å²) in [6.07, 6.45) is 2.52.